The first-order valence-electron chi connectivity index (χ1n) is 9.90. The Morgan fingerprint density at radius 3 is 2.25 bits per heavy atom. The summed E-state index contributed by atoms with van der Waals surface area (Å²) in [4.78, 5) is 12.7. The number of nitrogens with zero attached hydrogens (tertiary/aromatic N) is 1. The van der Waals surface area contributed by atoms with Crippen LogP contribution in [0.2, 0.25) is 0 Å². The quantitative estimate of drug-likeness (QED) is 0.771. The van der Waals surface area contributed by atoms with Crippen LogP contribution in [0.1, 0.15) is 50.4 Å². The Labute approximate surface area is 174 Å². The molecule has 1 amide bonds. The third kappa shape index (κ3) is 5.47. The summed E-state index contributed by atoms with van der Waals surface area (Å²) in [6, 6.07) is 6.89. The van der Waals surface area contributed by atoms with E-state index in [1.807, 2.05) is 0 Å². The largest absolute Gasteiger partial charge is 0.349 e. The van der Waals surface area contributed by atoms with Gasteiger partial charge in [0, 0.05) is 30.7 Å². The van der Waals surface area contributed by atoms with E-state index in [0.717, 1.165) is 25.8 Å². The molecule has 4 atom stereocenters. The van der Waals surface area contributed by atoms with E-state index in [1.165, 1.54) is 0 Å². The van der Waals surface area contributed by atoms with Crippen LogP contribution in [0.4, 0.5) is 0 Å². The summed E-state index contributed by atoms with van der Waals surface area (Å²) >= 11 is 0. The van der Waals surface area contributed by atoms with Gasteiger partial charge in [0.25, 0.3) is 5.91 Å². The summed E-state index contributed by atoms with van der Waals surface area (Å²) < 4.78 is 27.4. The minimum absolute atomic E-state index is 0. The summed E-state index contributed by atoms with van der Waals surface area (Å²) in [5.41, 5.74) is 0.500. The second kappa shape index (κ2) is 9.57. The highest BCUT2D eigenvalue weighted by Gasteiger charge is 2.31. The summed E-state index contributed by atoms with van der Waals surface area (Å²) in [6.45, 7) is 8.31. The molecule has 8 heteroatoms. The predicted octanol–water partition coefficient (Wildman–Crippen LogP) is 2.65. The summed E-state index contributed by atoms with van der Waals surface area (Å²) in [6.07, 6.45) is 2.87. The lowest BCUT2D eigenvalue weighted by molar-refractivity contribution is 0.0925. The first-order valence-corrected chi connectivity index (χ1v) is 11.3. The van der Waals surface area contributed by atoms with E-state index < -0.39 is 10.0 Å². The van der Waals surface area contributed by atoms with Gasteiger partial charge in [-0.2, -0.15) is 4.31 Å². The third-order valence-electron chi connectivity index (χ3n) is 5.55. The molecule has 1 aromatic rings. The smallest absolute Gasteiger partial charge is 0.251 e. The minimum Gasteiger partial charge on any atom is -0.349 e. The fourth-order valence-electron chi connectivity index (χ4n) is 4.26. The van der Waals surface area contributed by atoms with Gasteiger partial charge < -0.3 is 10.6 Å². The average molecular weight is 430 g/mol. The van der Waals surface area contributed by atoms with E-state index in [-0.39, 0.29) is 29.3 Å². The molecule has 28 heavy (non-hydrogen) atoms. The van der Waals surface area contributed by atoms with Crippen LogP contribution in [-0.4, -0.2) is 50.3 Å². The normalized spacial score (nSPS) is 29.0. The molecule has 0 aliphatic carbocycles. The number of carbonyl (C=O) groups excluding carboxylic acids is 1. The van der Waals surface area contributed by atoms with E-state index in [0.29, 0.717) is 36.5 Å². The number of benzene rings is 1. The molecule has 2 aliphatic rings. The van der Waals surface area contributed by atoms with E-state index in [1.54, 1.807) is 28.6 Å². The van der Waals surface area contributed by atoms with Crippen LogP contribution in [-0.2, 0) is 10.0 Å². The third-order valence-corrected chi connectivity index (χ3v) is 7.39. The maximum atomic E-state index is 12.9. The van der Waals surface area contributed by atoms with Gasteiger partial charge in [0.05, 0.1) is 4.90 Å². The van der Waals surface area contributed by atoms with Gasteiger partial charge in [-0.3, -0.25) is 4.79 Å². The van der Waals surface area contributed by atoms with Gasteiger partial charge in [-0.05, 0) is 68.8 Å². The Kier molecular flexibility index (Phi) is 7.90. The molecule has 1 aromatic carbocycles. The summed E-state index contributed by atoms with van der Waals surface area (Å²) in [7, 11) is -3.51. The number of sulfonamides is 1. The van der Waals surface area contributed by atoms with Gasteiger partial charge in [0.1, 0.15) is 0 Å². The van der Waals surface area contributed by atoms with Gasteiger partial charge in [0.15, 0.2) is 0 Å². The maximum absolute atomic E-state index is 12.9. The van der Waals surface area contributed by atoms with Crippen LogP contribution in [0, 0.1) is 11.8 Å². The van der Waals surface area contributed by atoms with Crippen molar-refractivity contribution in [3.05, 3.63) is 29.8 Å². The summed E-state index contributed by atoms with van der Waals surface area (Å²) in [5, 5.41) is 6.42. The zero-order valence-corrected chi connectivity index (χ0v) is 18.5. The number of hydrogen-bond donors (Lipinski definition) is 2. The molecule has 3 rings (SSSR count). The SMILES string of the molecule is CC1CC(C)CN(S(=O)(=O)c2ccc(C(=O)NC3CCNC(C)C3)cc2)C1.Cl. The van der Waals surface area contributed by atoms with Crippen LogP contribution in [0.25, 0.3) is 0 Å². The standard InChI is InChI=1S/C20H31N3O3S.ClH/c1-14-10-15(2)13-23(12-14)27(25,26)19-6-4-17(5-7-19)20(24)22-18-8-9-21-16(3)11-18;/h4-7,14-16,18,21H,8-13H2,1-3H3,(H,22,24);1H. The first-order chi connectivity index (χ1) is 12.8. The Balaban J connectivity index is 0.00000280. The molecule has 2 aliphatic heterocycles. The molecular formula is C20H32ClN3O3S. The molecular weight excluding hydrogens is 398 g/mol. The van der Waals surface area contributed by atoms with Crippen LogP contribution >= 0.6 is 12.4 Å². The molecule has 0 saturated carbocycles. The average Bonchev–Trinajstić information content (AvgIpc) is 2.61. The molecule has 0 spiro atoms. The number of hydrogen-bond acceptors (Lipinski definition) is 4. The molecule has 0 aromatic heterocycles. The van der Waals surface area contributed by atoms with Crippen molar-refractivity contribution in [1.82, 2.24) is 14.9 Å². The van der Waals surface area contributed by atoms with Gasteiger partial charge in [0.2, 0.25) is 10.0 Å². The molecule has 2 saturated heterocycles. The van der Waals surface area contributed by atoms with Crippen LogP contribution in [0.15, 0.2) is 29.2 Å². The van der Waals surface area contributed by atoms with Crippen molar-refractivity contribution in [2.24, 2.45) is 11.8 Å². The molecule has 2 N–H and O–H groups in total. The minimum atomic E-state index is -3.51. The molecule has 158 valence electrons. The van der Waals surface area contributed by atoms with Gasteiger partial charge in [-0.15, -0.1) is 12.4 Å². The molecule has 0 radical (unpaired) electrons. The van der Waals surface area contributed by atoms with E-state index in [9.17, 15) is 13.2 Å². The highest BCUT2D eigenvalue weighted by Crippen LogP contribution is 2.26. The molecule has 4 unspecified atom stereocenters. The van der Waals surface area contributed by atoms with Crippen LogP contribution in [0.5, 0.6) is 0 Å². The Bertz CT molecular complexity index is 759. The van der Waals surface area contributed by atoms with Crippen molar-refractivity contribution in [1.29, 1.82) is 0 Å². The second-order valence-corrected chi connectivity index (χ2v) is 10.3. The molecule has 2 heterocycles. The highest BCUT2D eigenvalue weighted by atomic mass is 35.5. The van der Waals surface area contributed by atoms with E-state index in [4.69, 9.17) is 0 Å². The molecule has 0 bridgehead atoms. The van der Waals surface area contributed by atoms with Crippen LogP contribution < -0.4 is 10.6 Å². The number of amides is 1. The van der Waals surface area contributed by atoms with Crippen LogP contribution in [0.3, 0.4) is 0 Å². The van der Waals surface area contributed by atoms with Crippen molar-refractivity contribution in [2.75, 3.05) is 19.6 Å². The number of halogens is 1. The number of rotatable bonds is 4. The van der Waals surface area contributed by atoms with E-state index in [2.05, 4.69) is 31.4 Å². The second-order valence-electron chi connectivity index (χ2n) is 8.34. The van der Waals surface area contributed by atoms with Gasteiger partial charge in [-0.1, -0.05) is 13.8 Å². The topological polar surface area (TPSA) is 78.5 Å². The summed E-state index contributed by atoms with van der Waals surface area (Å²) in [5.74, 6) is 0.583. The maximum Gasteiger partial charge on any atom is 0.251 e. The van der Waals surface area contributed by atoms with Crippen molar-refractivity contribution < 1.29 is 13.2 Å². The zero-order valence-electron chi connectivity index (χ0n) is 16.8. The fourth-order valence-corrected chi connectivity index (χ4v) is 5.94. The first kappa shape index (κ1) is 23.1. The highest BCUT2D eigenvalue weighted by molar-refractivity contribution is 7.89. The lowest BCUT2D eigenvalue weighted by Crippen LogP contribution is -2.46. The van der Waals surface area contributed by atoms with Gasteiger partial charge in [-0.25, -0.2) is 8.42 Å². The fraction of sp³-hybridized carbons (Fsp3) is 0.650. The molecule has 6 nitrogen and oxygen atoms in total. The zero-order chi connectivity index (χ0) is 19.6. The predicted molar refractivity (Wildman–Crippen MR) is 113 cm³/mol. The van der Waals surface area contributed by atoms with Crippen molar-refractivity contribution in [3.63, 3.8) is 0 Å². The van der Waals surface area contributed by atoms with E-state index >= 15 is 0 Å². The Hall–Kier alpha value is -1.15. The number of carbonyl (C=O) groups is 1. The number of piperidine rings is 2. The van der Waals surface area contributed by atoms with Crippen molar-refractivity contribution in [2.45, 2.75) is 57.0 Å². The monoisotopic (exact) mass is 429 g/mol. The number of nitrogens with one attached hydrogen (secondary N) is 2. The Morgan fingerprint density at radius 2 is 1.68 bits per heavy atom. The lowest BCUT2D eigenvalue weighted by Gasteiger charge is -2.34. The lowest BCUT2D eigenvalue weighted by atomic mass is 9.94. The van der Waals surface area contributed by atoms with Gasteiger partial charge >= 0.3 is 0 Å². The molecule has 2 fully saturated rings. The Morgan fingerprint density at radius 1 is 1.07 bits per heavy atom. The van der Waals surface area contributed by atoms with Crippen molar-refractivity contribution in [3.8, 4) is 0 Å². The van der Waals surface area contributed by atoms with Crippen molar-refractivity contribution >= 4 is 28.3 Å².